The summed E-state index contributed by atoms with van der Waals surface area (Å²) in [5.41, 5.74) is 16.4. The third kappa shape index (κ3) is 4.90. The molecule has 0 bridgehead atoms. The van der Waals surface area contributed by atoms with Gasteiger partial charge in [0.2, 0.25) is 0 Å². The Morgan fingerprint density at radius 3 is 1.83 bits per heavy atom. The number of benzene rings is 8. The molecule has 0 atom stereocenters. The molecule has 10 rings (SSSR count). The molecule has 0 fully saturated rings. The van der Waals surface area contributed by atoms with Gasteiger partial charge in [0.15, 0.2) is 0 Å². The lowest BCUT2D eigenvalue weighted by atomic mass is 9.97. The maximum absolute atomic E-state index is 6.92. The lowest BCUT2D eigenvalue weighted by Gasteiger charge is -2.29. The van der Waals surface area contributed by atoms with E-state index >= 15 is 0 Å². The van der Waals surface area contributed by atoms with Gasteiger partial charge in [-0.2, -0.15) is 0 Å². The summed E-state index contributed by atoms with van der Waals surface area (Å²) in [5.74, 6) is 0. The standard InChI is InChI=1S/C50H40N2O2/c1-28-14-11-17-44(31(28)4)52(43-16-10-8-13-30(43)3)39-21-19-35-24-40-45(27-37(35)23-39)54-50-47(40)32(5)33(6)49-48(50)41-25-34-18-20-38(22-36(34)26-46(41)53-49)51-42-15-9-7-12-29(42)2/h7-27,51H,1-6H3. The van der Waals surface area contributed by atoms with E-state index in [1.165, 1.54) is 44.6 Å². The van der Waals surface area contributed by atoms with Gasteiger partial charge in [0.25, 0.3) is 0 Å². The average molecular weight is 701 g/mol. The summed E-state index contributed by atoms with van der Waals surface area (Å²) in [5, 5.41) is 12.6. The molecule has 2 aromatic heterocycles. The van der Waals surface area contributed by atoms with Crippen molar-refractivity contribution < 1.29 is 8.83 Å². The van der Waals surface area contributed by atoms with Gasteiger partial charge in [0, 0.05) is 44.6 Å². The number of para-hydroxylation sites is 2. The molecule has 2 heterocycles. The van der Waals surface area contributed by atoms with Crippen molar-refractivity contribution in [3.8, 4) is 0 Å². The SMILES string of the molecule is Cc1ccccc1Nc1ccc2cc3c(cc2c1)oc1c(C)c(C)c2c4cc5ccc(N(c6ccccc6C)c6cccc(C)c6C)cc5cc4oc2c13. The second-order valence-corrected chi connectivity index (χ2v) is 14.9. The summed E-state index contributed by atoms with van der Waals surface area (Å²) in [6.45, 7) is 13.1. The topological polar surface area (TPSA) is 41.6 Å². The first-order valence-corrected chi connectivity index (χ1v) is 18.7. The van der Waals surface area contributed by atoms with Crippen molar-refractivity contribution in [3.05, 3.63) is 161 Å². The minimum atomic E-state index is 0.860. The molecule has 0 unspecified atom stereocenters. The molecular formula is C50H40N2O2. The first kappa shape index (κ1) is 32.2. The van der Waals surface area contributed by atoms with Crippen LogP contribution >= 0.6 is 0 Å². The Bertz CT molecular complexity index is 3160. The van der Waals surface area contributed by atoms with Gasteiger partial charge in [-0.15, -0.1) is 0 Å². The van der Waals surface area contributed by atoms with Crippen LogP contribution in [0.3, 0.4) is 0 Å². The number of furan rings is 2. The molecule has 0 saturated carbocycles. The summed E-state index contributed by atoms with van der Waals surface area (Å²) in [4.78, 5) is 2.39. The zero-order valence-corrected chi connectivity index (χ0v) is 31.4. The number of fused-ring (bicyclic) bond motifs is 9. The molecule has 8 aromatic carbocycles. The average Bonchev–Trinajstić information content (AvgIpc) is 3.73. The lowest BCUT2D eigenvalue weighted by molar-refractivity contribution is 0.660. The summed E-state index contributed by atoms with van der Waals surface area (Å²) in [6, 6.07) is 45.8. The quantitative estimate of drug-likeness (QED) is 0.194. The maximum atomic E-state index is 6.92. The number of nitrogens with one attached hydrogen (secondary N) is 1. The highest BCUT2D eigenvalue weighted by molar-refractivity contribution is 6.26. The summed E-state index contributed by atoms with van der Waals surface area (Å²) in [6.07, 6.45) is 0. The van der Waals surface area contributed by atoms with E-state index < -0.39 is 0 Å². The smallest absolute Gasteiger partial charge is 0.147 e. The Hall–Kier alpha value is -6.52. The van der Waals surface area contributed by atoms with Crippen LogP contribution in [0.25, 0.3) is 65.4 Å². The highest BCUT2D eigenvalue weighted by Gasteiger charge is 2.23. The number of rotatable bonds is 5. The molecule has 0 amide bonds. The number of aryl methyl sites for hydroxylation is 5. The van der Waals surface area contributed by atoms with E-state index in [0.717, 1.165) is 82.7 Å². The molecule has 4 nitrogen and oxygen atoms in total. The van der Waals surface area contributed by atoms with Crippen molar-refractivity contribution in [2.75, 3.05) is 10.2 Å². The second kappa shape index (κ2) is 12.0. The lowest BCUT2D eigenvalue weighted by Crippen LogP contribution is -2.13. The van der Waals surface area contributed by atoms with E-state index in [0.29, 0.717) is 0 Å². The second-order valence-electron chi connectivity index (χ2n) is 14.9. The van der Waals surface area contributed by atoms with Crippen LogP contribution in [-0.2, 0) is 0 Å². The van der Waals surface area contributed by atoms with Crippen LogP contribution in [0.5, 0.6) is 0 Å². The van der Waals surface area contributed by atoms with Crippen molar-refractivity contribution in [1.82, 2.24) is 0 Å². The van der Waals surface area contributed by atoms with Crippen LogP contribution in [-0.4, -0.2) is 0 Å². The van der Waals surface area contributed by atoms with Crippen molar-refractivity contribution in [3.63, 3.8) is 0 Å². The predicted octanol–water partition coefficient (Wildman–Crippen LogP) is 14.9. The van der Waals surface area contributed by atoms with Gasteiger partial charge < -0.3 is 19.1 Å². The molecule has 0 aliphatic rings. The number of hydrogen-bond acceptors (Lipinski definition) is 4. The first-order valence-electron chi connectivity index (χ1n) is 18.7. The molecular weight excluding hydrogens is 661 g/mol. The van der Waals surface area contributed by atoms with Crippen molar-refractivity contribution in [2.45, 2.75) is 41.5 Å². The Morgan fingerprint density at radius 2 is 1.07 bits per heavy atom. The van der Waals surface area contributed by atoms with Gasteiger partial charge >= 0.3 is 0 Å². The van der Waals surface area contributed by atoms with Gasteiger partial charge in [-0.25, -0.2) is 0 Å². The number of hydrogen-bond donors (Lipinski definition) is 1. The van der Waals surface area contributed by atoms with Gasteiger partial charge in [-0.3, -0.25) is 0 Å². The monoisotopic (exact) mass is 700 g/mol. The fourth-order valence-corrected chi connectivity index (χ4v) is 8.35. The Balaban J connectivity index is 1.15. The fourth-order valence-electron chi connectivity index (χ4n) is 8.35. The molecule has 0 radical (unpaired) electrons. The van der Waals surface area contributed by atoms with Crippen molar-refractivity contribution >= 4 is 93.9 Å². The van der Waals surface area contributed by atoms with Crippen molar-refractivity contribution in [1.29, 1.82) is 0 Å². The molecule has 1 N–H and O–H groups in total. The van der Waals surface area contributed by atoms with E-state index in [9.17, 15) is 0 Å². The number of anilines is 5. The molecule has 10 aromatic rings. The molecule has 0 aliphatic carbocycles. The number of nitrogens with zero attached hydrogens (tertiary/aromatic N) is 1. The van der Waals surface area contributed by atoms with Crippen LogP contribution in [0.4, 0.5) is 28.4 Å². The Kier molecular flexibility index (Phi) is 7.15. The highest BCUT2D eigenvalue weighted by atomic mass is 16.3. The van der Waals surface area contributed by atoms with Gasteiger partial charge in [-0.05, 0) is 163 Å². The molecule has 0 saturated heterocycles. The van der Waals surface area contributed by atoms with Gasteiger partial charge in [-0.1, -0.05) is 60.7 Å². The van der Waals surface area contributed by atoms with Crippen molar-refractivity contribution in [2.24, 2.45) is 0 Å². The zero-order chi connectivity index (χ0) is 36.8. The normalized spacial score (nSPS) is 11.9. The molecule has 262 valence electrons. The van der Waals surface area contributed by atoms with E-state index in [1.807, 2.05) is 0 Å². The molecule has 54 heavy (non-hydrogen) atoms. The third-order valence-corrected chi connectivity index (χ3v) is 11.6. The van der Waals surface area contributed by atoms with E-state index in [2.05, 4.69) is 179 Å². The Morgan fingerprint density at radius 1 is 0.444 bits per heavy atom. The molecule has 0 spiro atoms. The van der Waals surface area contributed by atoms with Gasteiger partial charge in [0.05, 0.1) is 5.39 Å². The summed E-state index contributed by atoms with van der Waals surface area (Å²) in [7, 11) is 0. The van der Waals surface area contributed by atoms with Crippen LogP contribution in [0.1, 0.15) is 33.4 Å². The summed E-state index contributed by atoms with van der Waals surface area (Å²) < 4.78 is 13.6. The fraction of sp³-hybridized carbons (Fsp3) is 0.120. The first-order chi connectivity index (χ1) is 26.2. The van der Waals surface area contributed by atoms with Crippen LogP contribution in [0.2, 0.25) is 0 Å². The minimum Gasteiger partial charge on any atom is -0.456 e. The Labute approximate surface area is 314 Å². The summed E-state index contributed by atoms with van der Waals surface area (Å²) >= 11 is 0. The van der Waals surface area contributed by atoms with Crippen LogP contribution in [0, 0.1) is 41.5 Å². The van der Waals surface area contributed by atoms with E-state index in [4.69, 9.17) is 8.83 Å². The van der Waals surface area contributed by atoms with Crippen LogP contribution in [0.15, 0.2) is 136 Å². The largest absolute Gasteiger partial charge is 0.456 e. The maximum Gasteiger partial charge on any atom is 0.147 e. The molecule has 0 aliphatic heterocycles. The van der Waals surface area contributed by atoms with E-state index in [-0.39, 0.29) is 0 Å². The molecule has 4 heteroatoms. The predicted molar refractivity (Wildman–Crippen MR) is 229 cm³/mol. The third-order valence-electron chi connectivity index (χ3n) is 11.6. The zero-order valence-electron chi connectivity index (χ0n) is 31.4. The van der Waals surface area contributed by atoms with Crippen LogP contribution < -0.4 is 10.2 Å². The van der Waals surface area contributed by atoms with Gasteiger partial charge in [0.1, 0.15) is 22.3 Å². The van der Waals surface area contributed by atoms with E-state index in [1.54, 1.807) is 0 Å². The highest BCUT2D eigenvalue weighted by Crippen LogP contribution is 2.46. The minimum absolute atomic E-state index is 0.860.